The minimum atomic E-state index is -1.39. The molecule has 0 amide bonds. The number of nitrogens with two attached hydrogens (primary N) is 1. The Balaban J connectivity index is 2.66. The van der Waals surface area contributed by atoms with Crippen LogP contribution in [-0.4, -0.2) is 52.2 Å². The molecule has 4 atom stereocenters. The zero-order valence-corrected chi connectivity index (χ0v) is 6.25. The minimum absolute atomic E-state index is 0.0119. The van der Waals surface area contributed by atoms with Crippen LogP contribution in [0.15, 0.2) is 0 Å². The van der Waals surface area contributed by atoms with Gasteiger partial charge in [-0.1, -0.05) is 0 Å². The third kappa shape index (κ3) is 1.42. The highest BCUT2D eigenvalue weighted by atomic mass is 16.6. The van der Waals surface area contributed by atoms with Crippen LogP contribution < -0.4 is 5.73 Å². The molecule has 1 fully saturated rings. The maximum absolute atomic E-state index is 10.4. The van der Waals surface area contributed by atoms with Crippen molar-refractivity contribution in [2.45, 2.75) is 24.4 Å². The molecule has 0 aromatic heterocycles. The van der Waals surface area contributed by atoms with E-state index >= 15 is 0 Å². The predicted molar refractivity (Wildman–Crippen MR) is 37.4 cm³/mol. The summed E-state index contributed by atoms with van der Waals surface area (Å²) in [6.07, 6.45) is -4.76. The second-order valence-corrected chi connectivity index (χ2v) is 2.65. The van der Waals surface area contributed by atoms with E-state index in [0.29, 0.717) is 0 Å². The molecule has 1 aliphatic heterocycles. The Hall–Kier alpha value is -0.690. The van der Waals surface area contributed by atoms with Gasteiger partial charge in [-0.05, 0) is 0 Å². The van der Waals surface area contributed by atoms with Crippen molar-refractivity contribution in [3.63, 3.8) is 0 Å². The zero-order chi connectivity index (χ0) is 9.30. The lowest BCUT2D eigenvalue weighted by atomic mass is 10.1. The molecule has 0 radical (unpaired) electrons. The summed E-state index contributed by atoms with van der Waals surface area (Å²) < 4.78 is 4.77. The lowest BCUT2D eigenvalue weighted by Crippen LogP contribution is -2.37. The molecule has 70 valence electrons. The summed E-state index contributed by atoms with van der Waals surface area (Å²) in [7, 11) is 0. The summed E-state index contributed by atoms with van der Waals surface area (Å²) >= 11 is 0. The Morgan fingerprint density at radius 2 is 2.00 bits per heavy atom. The lowest BCUT2D eigenvalue weighted by Gasteiger charge is -2.10. The van der Waals surface area contributed by atoms with E-state index in [4.69, 9.17) is 25.8 Å². The first kappa shape index (κ1) is 9.40. The van der Waals surface area contributed by atoms with Crippen LogP contribution in [0.5, 0.6) is 0 Å². The molecule has 1 saturated heterocycles. The first-order valence-corrected chi connectivity index (χ1v) is 3.52. The van der Waals surface area contributed by atoms with E-state index in [1.54, 1.807) is 0 Å². The van der Waals surface area contributed by atoms with Gasteiger partial charge in [0.25, 0.3) is 0 Å². The van der Waals surface area contributed by atoms with E-state index in [-0.39, 0.29) is 6.54 Å². The molecule has 6 nitrogen and oxygen atoms in total. The number of aliphatic hydroxyl groups excluding tert-OH is 2. The van der Waals surface area contributed by atoms with Crippen molar-refractivity contribution in [2.24, 2.45) is 5.73 Å². The third-order valence-electron chi connectivity index (χ3n) is 1.84. The number of ether oxygens (including phenoxy) is 1. The maximum Gasteiger partial charge on any atom is 0.335 e. The normalized spacial score (nSPS) is 41.6. The minimum Gasteiger partial charge on any atom is -0.479 e. The number of rotatable bonds is 2. The molecule has 0 saturated carbocycles. The average Bonchev–Trinajstić information content (AvgIpc) is 2.30. The molecule has 0 bridgehead atoms. The van der Waals surface area contributed by atoms with E-state index in [2.05, 4.69) is 0 Å². The van der Waals surface area contributed by atoms with Gasteiger partial charge in [-0.2, -0.15) is 0 Å². The van der Waals surface area contributed by atoms with Gasteiger partial charge < -0.3 is 25.8 Å². The van der Waals surface area contributed by atoms with E-state index < -0.39 is 30.4 Å². The first-order valence-electron chi connectivity index (χ1n) is 3.52. The topological polar surface area (TPSA) is 113 Å². The number of aliphatic hydroxyl groups is 2. The molecule has 0 aromatic carbocycles. The van der Waals surface area contributed by atoms with Gasteiger partial charge in [0.1, 0.15) is 12.2 Å². The standard InChI is InChI=1S/C6H11NO5/c7-1-2-3(8)4(9)5(12-2)6(10)11/h2-5,8-9H,1,7H2,(H,10,11)/t2-,3?,4?,5?/m1/s1. The van der Waals surface area contributed by atoms with E-state index in [9.17, 15) is 4.79 Å². The van der Waals surface area contributed by atoms with Gasteiger partial charge >= 0.3 is 5.97 Å². The highest BCUT2D eigenvalue weighted by Gasteiger charge is 2.45. The van der Waals surface area contributed by atoms with Crippen molar-refractivity contribution in [3.8, 4) is 0 Å². The molecule has 1 rings (SSSR count). The molecular weight excluding hydrogens is 166 g/mol. The Morgan fingerprint density at radius 3 is 2.25 bits per heavy atom. The van der Waals surface area contributed by atoms with Crippen LogP contribution in [0.3, 0.4) is 0 Å². The largest absolute Gasteiger partial charge is 0.479 e. The number of carbonyl (C=O) groups is 1. The highest BCUT2D eigenvalue weighted by molar-refractivity contribution is 5.73. The highest BCUT2D eigenvalue weighted by Crippen LogP contribution is 2.20. The van der Waals surface area contributed by atoms with Crippen LogP contribution in [0, 0.1) is 0 Å². The summed E-state index contributed by atoms with van der Waals surface area (Å²) in [5.74, 6) is -1.29. The summed E-state index contributed by atoms with van der Waals surface area (Å²) in [6, 6.07) is 0. The molecule has 1 aliphatic rings. The van der Waals surface area contributed by atoms with Gasteiger partial charge in [0.15, 0.2) is 6.10 Å². The molecule has 12 heavy (non-hydrogen) atoms. The second kappa shape index (κ2) is 3.36. The summed E-state index contributed by atoms with van der Waals surface area (Å²) in [4.78, 5) is 10.4. The number of hydrogen-bond donors (Lipinski definition) is 4. The van der Waals surface area contributed by atoms with Crippen molar-refractivity contribution in [1.29, 1.82) is 0 Å². The summed E-state index contributed by atoms with van der Waals surface area (Å²) in [6.45, 7) is -0.0119. The van der Waals surface area contributed by atoms with E-state index in [1.165, 1.54) is 0 Å². The number of carboxylic acids is 1. The van der Waals surface area contributed by atoms with Gasteiger partial charge in [0.2, 0.25) is 0 Å². The molecule has 6 heteroatoms. The van der Waals surface area contributed by atoms with Crippen molar-refractivity contribution in [2.75, 3.05) is 6.54 Å². The summed E-state index contributed by atoms with van der Waals surface area (Å²) in [5, 5.41) is 26.8. The number of aliphatic carboxylic acids is 1. The molecular formula is C6H11NO5. The molecule has 3 unspecified atom stereocenters. The molecule has 0 aliphatic carbocycles. The Bertz CT molecular complexity index is 185. The van der Waals surface area contributed by atoms with E-state index in [0.717, 1.165) is 0 Å². The van der Waals surface area contributed by atoms with Crippen molar-refractivity contribution in [1.82, 2.24) is 0 Å². The summed E-state index contributed by atoms with van der Waals surface area (Å²) in [5.41, 5.74) is 5.16. The fraction of sp³-hybridized carbons (Fsp3) is 0.833. The number of hydrogen-bond acceptors (Lipinski definition) is 5. The lowest BCUT2D eigenvalue weighted by molar-refractivity contribution is -0.153. The predicted octanol–water partition coefficient (Wildman–Crippen LogP) is -2.48. The van der Waals surface area contributed by atoms with Gasteiger partial charge in [-0.25, -0.2) is 4.79 Å². The fourth-order valence-electron chi connectivity index (χ4n) is 1.15. The fourth-order valence-corrected chi connectivity index (χ4v) is 1.15. The molecule has 0 aromatic rings. The van der Waals surface area contributed by atoms with Crippen LogP contribution in [0.1, 0.15) is 0 Å². The van der Waals surface area contributed by atoms with Crippen LogP contribution in [0.4, 0.5) is 0 Å². The van der Waals surface area contributed by atoms with Crippen molar-refractivity contribution < 1.29 is 24.9 Å². The van der Waals surface area contributed by atoms with Crippen LogP contribution in [-0.2, 0) is 9.53 Å². The van der Waals surface area contributed by atoms with Crippen LogP contribution in [0.2, 0.25) is 0 Å². The first-order chi connectivity index (χ1) is 5.57. The molecule has 5 N–H and O–H groups in total. The number of carboxylic acid groups (broad SMARTS) is 1. The SMILES string of the molecule is NC[C@H]1OC(C(=O)O)C(O)C1O. The zero-order valence-electron chi connectivity index (χ0n) is 6.25. The Kier molecular flexibility index (Phi) is 2.63. The van der Waals surface area contributed by atoms with Gasteiger partial charge in [-0.3, -0.25) is 0 Å². The Labute approximate surface area is 68.6 Å². The van der Waals surface area contributed by atoms with Crippen molar-refractivity contribution in [3.05, 3.63) is 0 Å². The van der Waals surface area contributed by atoms with Gasteiger partial charge in [0.05, 0.1) is 6.10 Å². The quantitative estimate of drug-likeness (QED) is 0.371. The van der Waals surface area contributed by atoms with Crippen molar-refractivity contribution >= 4 is 5.97 Å². The van der Waals surface area contributed by atoms with E-state index in [1.807, 2.05) is 0 Å². The maximum atomic E-state index is 10.4. The van der Waals surface area contributed by atoms with Gasteiger partial charge in [0, 0.05) is 6.54 Å². The average molecular weight is 177 g/mol. The monoisotopic (exact) mass is 177 g/mol. The van der Waals surface area contributed by atoms with Crippen LogP contribution in [0.25, 0.3) is 0 Å². The third-order valence-corrected chi connectivity index (χ3v) is 1.84. The molecule has 0 spiro atoms. The second-order valence-electron chi connectivity index (χ2n) is 2.65. The smallest absolute Gasteiger partial charge is 0.335 e. The van der Waals surface area contributed by atoms with Crippen LogP contribution >= 0.6 is 0 Å². The Morgan fingerprint density at radius 1 is 1.42 bits per heavy atom. The van der Waals surface area contributed by atoms with Gasteiger partial charge in [-0.15, -0.1) is 0 Å². The molecule has 1 heterocycles.